The van der Waals surface area contributed by atoms with Crippen LogP contribution in [-0.4, -0.2) is 22.7 Å². The second kappa shape index (κ2) is 7.60. The van der Waals surface area contributed by atoms with Crippen LogP contribution >= 0.6 is 0 Å². The Labute approximate surface area is 125 Å². The first-order chi connectivity index (χ1) is 10.2. The third-order valence-corrected chi connectivity index (χ3v) is 3.63. The van der Waals surface area contributed by atoms with E-state index in [1.54, 1.807) is 24.3 Å². The third kappa shape index (κ3) is 4.43. The molecule has 0 aliphatic carbocycles. The maximum absolute atomic E-state index is 12.0. The van der Waals surface area contributed by atoms with Crippen molar-refractivity contribution in [1.29, 1.82) is 0 Å². The Morgan fingerprint density at radius 3 is 2.24 bits per heavy atom. The first kappa shape index (κ1) is 15.3. The van der Waals surface area contributed by atoms with Gasteiger partial charge in [0.25, 0.3) is 5.91 Å². The Hall–Kier alpha value is -2.13. The SMILES string of the molecule is CC(CCCN(O)C(=O)c1ccccc1)c1ccccc1. The molecule has 0 saturated carbocycles. The van der Waals surface area contributed by atoms with E-state index < -0.39 is 0 Å². The van der Waals surface area contributed by atoms with Gasteiger partial charge in [0.05, 0.1) is 0 Å². The lowest BCUT2D eigenvalue weighted by atomic mass is 9.96. The number of hydrogen-bond donors (Lipinski definition) is 1. The number of hydroxylamine groups is 2. The van der Waals surface area contributed by atoms with E-state index in [4.69, 9.17) is 0 Å². The zero-order chi connectivity index (χ0) is 15.1. The minimum atomic E-state index is -0.344. The molecular weight excluding hydrogens is 262 g/mol. The van der Waals surface area contributed by atoms with E-state index in [0.717, 1.165) is 17.9 Å². The number of rotatable bonds is 6. The maximum atomic E-state index is 12.0. The molecule has 0 bridgehead atoms. The van der Waals surface area contributed by atoms with E-state index >= 15 is 0 Å². The lowest BCUT2D eigenvalue weighted by Gasteiger charge is -2.17. The van der Waals surface area contributed by atoms with Crippen molar-refractivity contribution in [2.24, 2.45) is 0 Å². The van der Waals surface area contributed by atoms with Crippen molar-refractivity contribution < 1.29 is 10.0 Å². The largest absolute Gasteiger partial charge is 0.286 e. The van der Waals surface area contributed by atoms with Crippen LogP contribution in [0.15, 0.2) is 60.7 Å². The Kier molecular flexibility index (Phi) is 5.52. The van der Waals surface area contributed by atoms with Crippen LogP contribution in [-0.2, 0) is 0 Å². The fourth-order valence-electron chi connectivity index (χ4n) is 2.33. The Bertz CT molecular complexity index is 554. The molecule has 3 heteroatoms. The first-order valence-corrected chi connectivity index (χ1v) is 7.29. The van der Waals surface area contributed by atoms with E-state index in [2.05, 4.69) is 19.1 Å². The molecular formula is C18H21NO2. The number of nitrogens with zero attached hydrogens (tertiary/aromatic N) is 1. The third-order valence-electron chi connectivity index (χ3n) is 3.63. The topological polar surface area (TPSA) is 40.5 Å². The van der Waals surface area contributed by atoms with E-state index in [-0.39, 0.29) is 5.91 Å². The normalized spacial score (nSPS) is 11.9. The van der Waals surface area contributed by atoms with Crippen LogP contribution in [0.2, 0.25) is 0 Å². The molecule has 110 valence electrons. The highest BCUT2D eigenvalue weighted by Gasteiger charge is 2.13. The Morgan fingerprint density at radius 2 is 1.62 bits per heavy atom. The molecule has 0 aliphatic rings. The number of benzene rings is 2. The van der Waals surface area contributed by atoms with Gasteiger partial charge in [0, 0.05) is 12.1 Å². The minimum Gasteiger partial charge on any atom is -0.286 e. The van der Waals surface area contributed by atoms with Gasteiger partial charge in [0.2, 0.25) is 0 Å². The zero-order valence-electron chi connectivity index (χ0n) is 12.3. The number of amides is 1. The summed E-state index contributed by atoms with van der Waals surface area (Å²) in [5.41, 5.74) is 1.80. The molecule has 1 amide bonds. The highest BCUT2D eigenvalue weighted by Crippen LogP contribution is 2.20. The molecule has 0 aliphatic heterocycles. The average Bonchev–Trinajstić information content (AvgIpc) is 2.55. The van der Waals surface area contributed by atoms with Crippen molar-refractivity contribution >= 4 is 5.91 Å². The molecule has 0 heterocycles. The van der Waals surface area contributed by atoms with Crippen molar-refractivity contribution in [3.05, 3.63) is 71.8 Å². The van der Waals surface area contributed by atoms with Crippen LogP contribution in [0.25, 0.3) is 0 Å². The van der Waals surface area contributed by atoms with Crippen molar-refractivity contribution in [3.8, 4) is 0 Å². The summed E-state index contributed by atoms with van der Waals surface area (Å²) in [5.74, 6) is 0.0781. The molecule has 1 N–H and O–H groups in total. The van der Waals surface area contributed by atoms with Gasteiger partial charge in [-0.25, -0.2) is 5.06 Å². The fraction of sp³-hybridized carbons (Fsp3) is 0.278. The Morgan fingerprint density at radius 1 is 1.05 bits per heavy atom. The van der Waals surface area contributed by atoms with E-state index in [9.17, 15) is 10.0 Å². The molecule has 0 aromatic heterocycles. The van der Waals surface area contributed by atoms with Crippen molar-refractivity contribution in [2.75, 3.05) is 6.54 Å². The smallest absolute Gasteiger partial charge is 0.277 e. The monoisotopic (exact) mass is 283 g/mol. The van der Waals surface area contributed by atoms with Gasteiger partial charge in [0.1, 0.15) is 0 Å². The van der Waals surface area contributed by atoms with Crippen LogP contribution in [0.4, 0.5) is 0 Å². The van der Waals surface area contributed by atoms with E-state index in [1.165, 1.54) is 5.56 Å². The summed E-state index contributed by atoms with van der Waals surface area (Å²) in [7, 11) is 0. The first-order valence-electron chi connectivity index (χ1n) is 7.29. The van der Waals surface area contributed by atoms with Crippen molar-refractivity contribution in [1.82, 2.24) is 5.06 Å². The molecule has 1 atom stereocenters. The summed E-state index contributed by atoms with van der Waals surface area (Å²) in [6.45, 7) is 2.51. The van der Waals surface area contributed by atoms with Crippen LogP contribution in [0.3, 0.4) is 0 Å². The summed E-state index contributed by atoms with van der Waals surface area (Å²) in [4.78, 5) is 12.0. The van der Waals surface area contributed by atoms with Crippen LogP contribution in [0.5, 0.6) is 0 Å². The predicted molar refractivity (Wildman–Crippen MR) is 83.4 cm³/mol. The molecule has 0 fully saturated rings. The lowest BCUT2D eigenvalue weighted by Crippen LogP contribution is -2.28. The van der Waals surface area contributed by atoms with Gasteiger partial charge in [-0.2, -0.15) is 0 Å². The van der Waals surface area contributed by atoms with Gasteiger partial charge in [-0.3, -0.25) is 10.0 Å². The molecule has 2 aromatic rings. The zero-order valence-corrected chi connectivity index (χ0v) is 12.3. The summed E-state index contributed by atoms with van der Waals surface area (Å²) in [6.07, 6.45) is 1.70. The molecule has 3 nitrogen and oxygen atoms in total. The standard InChI is InChI=1S/C18H21NO2/c1-15(16-10-4-2-5-11-16)9-8-14-19(21)18(20)17-12-6-3-7-13-17/h2-7,10-13,15,21H,8-9,14H2,1H3. The van der Waals surface area contributed by atoms with Crippen molar-refractivity contribution in [3.63, 3.8) is 0 Å². The maximum Gasteiger partial charge on any atom is 0.277 e. The summed E-state index contributed by atoms with van der Waals surface area (Å²) < 4.78 is 0. The highest BCUT2D eigenvalue weighted by molar-refractivity contribution is 5.93. The van der Waals surface area contributed by atoms with Crippen LogP contribution in [0.1, 0.15) is 41.6 Å². The number of carbonyl (C=O) groups is 1. The second-order valence-corrected chi connectivity index (χ2v) is 5.25. The second-order valence-electron chi connectivity index (χ2n) is 5.25. The fourth-order valence-corrected chi connectivity index (χ4v) is 2.33. The van der Waals surface area contributed by atoms with Gasteiger partial charge < -0.3 is 0 Å². The minimum absolute atomic E-state index is 0.344. The van der Waals surface area contributed by atoms with Gasteiger partial charge in [-0.05, 0) is 36.5 Å². The molecule has 0 radical (unpaired) electrons. The predicted octanol–water partition coefficient (Wildman–Crippen LogP) is 4.10. The Balaban J connectivity index is 1.79. The van der Waals surface area contributed by atoms with Gasteiger partial charge in [-0.15, -0.1) is 0 Å². The van der Waals surface area contributed by atoms with E-state index in [0.29, 0.717) is 18.0 Å². The summed E-state index contributed by atoms with van der Waals surface area (Å²) in [5, 5.41) is 10.7. The van der Waals surface area contributed by atoms with Crippen LogP contribution in [0, 0.1) is 0 Å². The number of carbonyl (C=O) groups excluding carboxylic acids is 1. The molecule has 0 spiro atoms. The summed E-state index contributed by atoms with van der Waals surface area (Å²) in [6, 6.07) is 19.1. The summed E-state index contributed by atoms with van der Waals surface area (Å²) >= 11 is 0. The lowest BCUT2D eigenvalue weighted by molar-refractivity contribution is -0.0590. The molecule has 21 heavy (non-hydrogen) atoms. The molecule has 0 saturated heterocycles. The highest BCUT2D eigenvalue weighted by atomic mass is 16.5. The van der Waals surface area contributed by atoms with Gasteiger partial charge in [-0.1, -0.05) is 55.5 Å². The van der Waals surface area contributed by atoms with Gasteiger partial charge in [0.15, 0.2) is 0 Å². The van der Waals surface area contributed by atoms with E-state index in [1.807, 2.05) is 24.3 Å². The van der Waals surface area contributed by atoms with Gasteiger partial charge >= 0.3 is 0 Å². The van der Waals surface area contributed by atoms with Crippen LogP contribution < -0.4 is 0 Å². The number of hydrogen-bond acceptors (Lipinski definition) is 2. The van der Waals surface area contributed by atoms with Crippen molar-refractivity contribution in [2.45, 2.75) is 25.7 Å². The molecule has 2 rings (SSSR count). The molecule has 2 aromatic carbocycles. The quantitative estimate of drug-likeness (QED) is 0.640. The molecule has 1 unspecified atom stereocenters. The average molecular weight is 283 g/mol.